The molecule has 0 aromatic rings. The zero-order valence-electron chi connectivity index (χ0n) is 9.21. The molecular weight excluding hydrogens is 192 g/mol. The predicted octanol–water partition coefficient (Wildman–Crippen LogP) is -2.03. The first-order valence-electron chi connectivity index (χ1n) is 5.55. The van der Waals surface area contributed by atoms with Crippen LogP contribution in [0, 0.1) is 0 Å². The fourth-order valence-corrected chi connectivity index (χ4v) is 1.32. The maximum absolute atomic E-state index is 5.35. The Balaban J connectivity index is 1.75. The highest BCUT2D eigenvalue weighted by Crippen LogP contribution is 1.86. The Morgan fingerprint density at radius 1 is 1.13 bits per heavy atom. The molecule has 0 aromatic heterocycles. The van der Waals surface area contributed by atoms with Gasteiger partial charge in [-0.1, -0.05) is 0 Å². The smallest absolute Gasteiger partial charge is 0.0993 e. The molecule has 0 aromatic carbocycles. The maximum Gasteiger partial charge on any atom is 0.0993 e. The van der Waals surface area contributed by atoms with Gasteiger partial charge in [0.2, 0.25) is 0 Å². The van der Waals surface area contributed by atoms with Crippen LogP contribution < -0.4 is 21.8 Å². The van der Waals surface area contributed by atoms with Gasteiger partial charge in [-0.3, -0.25) is 10.0 Å². The molecule has 5 N–H and O–H groups in total. The molecule has 0 amide bonds. The second kappa shape index (κ2) is 8.60. The Morgan fingerprint density at radius 2 is 1.87 bits per heavy atom. The molecule has 0 aliphatic carbocycles. The summed E-state index contributed by atoms with van der Waals surface area (Å²) in [7, 11) is 0. The maximum atomic E-state index is 5.35. The van der Waals surface area contributed by atoms with Crippen molar-refractivity contribution in [2.45, 2.75) is 0 Å². The van der Waals surface area contributed by atoms with Gasteiger partial charge in [0.25, 0.3) is 0 Å². The van der Waals surface area contributed by atoms with Gasteiger partial charge in [-0.05, 0) is 0 Å². The quantitative estimate of drug-likeness (QED) is 0.333. The minimum atomic E-state index is 0.704. The molecule has 0 saturated heterocycles. The van der Waals surface area contributed by atoms with E-state index in [2.05, 4.69) is 21.1 Å². The summed E-state index contributed by atoms with van der Waals surface area (Å²) in [6.45, 7) is 7.34. The lowest BCUT2D eigenvalue weighted by atomic mass is 10.5. The van der Waals surface area contributed by atoms with Crippen molar-refractivity contribution in [2.75, 3.05) is 52.4 Å². The van der Waals surface area contributed by atoms with Crippen molar-refractivity contribution >= 4 is 6.34 Å². The molecule has 0 unspecified atom stereocenters. The average Bonchev–Trinajstić information content (AvgIpc) is 2.75. The van der Waals surface area contributed by atoms with Crippen molar-refractivity contribution in [3.05, 3.63) is 0 Å². The summed E-state index contributed by atoms with van der Waals surface area (Å²) < 4.78 is 0. The summed E-state index contributed by atoms with van der Waals surface area (Å²) in [5.74, 6) is 0. The molecule has 1 heterocycles. The molecule has 6 heteroatoms. The lowest BCUT2D eigenvalue weighted by Gasteiger charge is -2.15. The first-order chi connectivity index (χ1) is 7.43. The molecule has 1 aliphatic rings. The zero-order valence-corrected chi connectivity index (χ0v) is 9.21. The third kappa shape index (κ3) is 6.40. The molecule has 6 nitrogen and oxygen atoms in total. The molecular formula is C9H22N6. The van der Waals surface area contributed by atoms with Gasteiger partial charge < -0.3 is 16.4 Å². The Bertz CT molecular complexity index is 172. The third-order valence-electron chi connectivity index (χ3n) is 2.11. The minimum Gasteiger partial charge on any atom is -0.329 e. The second-order valence-corrected chi connectivity index (χ2v) is 3.41. The number of aliphatic imine (C=N–C) groups is 1. The second-order valence-electron chi connectivity index (χ2n) is 3.41. The van der Waals surface area contributed by atoms with E-state index in [1.54, 1.807) is 0 Å². The summed E-state index contributed by atoms with van der Waals surface area (Å²) in [6, 6.07) is 0. The normalized spacial score (nSPS) is 15.1. The van der Waals surface area contributed by atoms with E-state index in [1.165, 1.54) is 0 Å². The molecule has 0 bridgehead atoms. The number of nitrogens with one attached hydrogen (secondary N) is 3. The van der Waals surface area contributed by atoms with E-state index in [-0.39, 0.29) is 0 Å². The zero-order chi connectivity index (χ0) is 10.8. The summed E-state index contributed by atoms with van der Waals surface area (Å²) in [5, 5.41) is 8.58. The fourth-order valence-electron chi connectivity index (χ4n) is 1.32. The van der Waals surface area contributed by atoms with Crippen LogP contribution in [0.25, 0.3) is 0 Å². The average molecular weight is 214 g/mol. The summed E-state index contributed by atoms with van der Waals surface area (Å²) in [6.07, 6.45) is 1.85. The van der Waals surface area contributed by atoms with Crippen molar-refractivity contribution in [3.63, 3.8) is 0 Å². The van der Waals surface area contributed by atoms with Crippen LogP contribution in [-0.2, 0) is 0 Å². The van der Waals surface area contributed by atoms with Gasteiger partial charge in [0.1, 0.15) is 0 Å². The number of hydrogen-bond acceptors (Lipinski definition) is 6. The molecule has 15 heavy (non-hydrogen) atoms. The van der Waals surface area contributed by atoms with Crippen molar-refractivity contribution in [2.24, 2.45) is 10.7 Å². The molecule has 1 aliphatic heterocycles. The SMILES string of the molecule is NCCNCCNCCNN1C=NCC1. The number of hydrogen-bond donors (Lipinski definition) is 4. The molecule has 0 fully saturated rings. The molecule has 0 atom stereocenters. The summed E-state index contributed by atoms with van der Waals surface area (Å²) in [5.41, 5.74) is 8.61. The highest BCUT2D eigenvalue weighted by atomic mass is 15.5. The van der Waals surface area contributed by atoms with E-state index in [9.17, 15) is 0 Å². The number of hydrazine groups is 1. The number of nitrogens with zero attached hydrogens (tertiary/aromatic N) is 2. The Labute approximate surface area is 91.3 Å². The molecule has 88 valence electrons. The number of rotatable bonds is 9. The van der Waals surface area contributed by atoms with Crippen LogP contribution in [0.4, 0.5) is 0 Å². The van der Waals surface area contributed by atoms with Gasteiger partial charge in [0.15, 0.2) is 0 Å². The lowest BCUT2D eigenvalue weighted by molar-refractivity contribution is 0.341. The van der Waals surface area contributed by atoms with Crippen LogP contribution in [0.15, 0.2) is 4.99 Å². The van der Waals surface area contributed by atoms with Gasteiger partial charge in [0.05, 0.1) is 19.4 Å². The Kier molecular flexibility index (Phi) is 7.10. The lowest BCUT2D eigenvalue weighted by Crippen LogP contribution is -2.40. The summed E-state index contributed by atoms with van der Waals surface area (Å²) >= 11 is 0. The van der Waals surface area contributed by atoms with Crippen molar-refractivity contribution in [1.82, 2.24) is 21.1 Å². The van der Waals surface area contributed by atoms with Crippen LogP contribution in [0.1, 0.15) is 0 Å². The van der Waals surface area contributed by atoms with Gasteiger partial charge in [0, 0.05) is 39.3 Å². The first kappa shape index (κ1) is 12.4. The van der Waals surface area contributed by atoms with Crippen LogP contribution in [-0.4, -0.2) is 63.7 Å². The van der Waals surface area contributed by atoms with Crippen molar-refractivity contribution < 1.29 is 0 Å². The van der Waals surface area contributed by atoms with Crippen LogP contribution in [0.2, 0.25) is 0 Å². The van der Waals surface area contributed by atoms with Gasteiger partial charge >= 0.3 is 0 Å². The first-order valence-corrected chi connectivity index (χ1v) is 5.55. The van der Waals surface area contributed by atoms with Crippen molar-refractivity contribution in [1.29, 1.82) is 0 Å². The van der Waals surface area contributed by atoms with Crippen LogP contribution in [0.3, 0.4) is 0 Å². The Hall–Kier alpha value is -0.690. The monoisotopic (exact) mass is 214 g/mol. The number of nitrogens with two attached hydrogens (primary N) is 1. The van der Waals surface area contributed by atoms with E-state index >= 15 is 0 Å². The van der Waals surface area contributed by atoms with E-state index in [0.29, 0.717) is 6.54 Å². The standard InChI is InChI=1S/C9H22N6/c10-1-2-11-3-4-12-5-6-14-15-8-7-13-9-15/h9,11-12,14H,1-8,10H2. The predicted molar refractivity (Wildman–Crippen MR) is 62.9 cm³/mol. The van der Waals surface area contributed by atoms with E-state index in [4.69, 9.17) is 5.73 Å². The Morgan fingerprint density at radius 3 is 2.53 bits per heavy atom. The topological polar surface area (TPSA) is 77.7 Å². The molecule has 0 saturated carbocycles. The largest absolute Gasteiger partial charge is 0.329 e. The molecule has 1 rings (SSSR count). The van der Waals surface area contributed by atoms with E-state index in [0.717, 1.165) is 45.8 Å². The van der Waals surface area contributed by atoms with E-state index < -0.39 is 0 Å². The van der Waals surface area contributed by atoms with Gasteiger partial charge in [-0.15, -0.1) is 0 Å². The van der Waals surface area contributed by atoms with Crippen LogP contribution >= 0.6 is 0 Å². The third-order valence-corrected chi connectivity index (χ3v) is 2.11. The highest BCUT2D eigenvalue weighted by molar-refractivity contribution is 5.56. The summed E-state index contributed by atoms with van der Waals surface area (Å²) in [4.78, 5) is 4.11. The highest BCUT2D eigenvalue weighted by Gasteiger charge is 2.02. The van der Waals surface area contributed by atoms with Gasteiger partial charge in [-0.25, -0.2) is 5.43 Å². The fraction of sp³-hybridized carbons (Fsp3) is 0.889. The van der Waals surface area contributed by atoms with Gasteiger partial charge in [-0.2, -0.15) is 0 Å². The van der Waals surface area contributed by atoms with Crippen molar-refractivity contribution in [3.8, 4) is 0 Å². The molecule has 0 radical (unpaired) electrons. The minimum absolute atomic E-state index is 0.704. The van der Waals surface area contributed by atoms with Crippen LogP contribution in [0.5, 0.6) is 0 Å². The van der Waals surface area contributed by atoms with E-state index in [1.807, 2.05) is 11.3 Å². The molecule has 0 spiro atoms.